The van der Waals surface area contributed by atoms with Gasteiger partial charge in [0, 0.05) is 27.9 Å². The van der Waals surface area contributed by atoms with E-state index in [1.54, 1.807) is 0 Å². The quantitative estimate of drug-likeness (QED) is 0.172. The highest BCUT2D eigenvalue weighted by Crippen LogP contribution is 2.70. The van der Waals surface area contributed by atoms with Crippen LogP contribution in [0, 0.1) is 23.7 Å². The first-order valence-corrected chi connectivity index (χ1v) is 22.7. The number of nitrogens with zero attached hydrogens (tertiary/aromatic N) is 1. The van der Waals surface area contributed by atoms with Crippen LogP contribution in [-0.4, -0.2) is 0 Å². The van der Waals surface area contributed by atoms with Crippen molar-refractivity contribution in [3.05, 3.63) is 174 Å². The third-order valence-corrected chi connectivity index (χ3v) is 16.2. The van der Waals surface area contributed by atoms with Gasteiger partial charge in [-0.3, -0.25) is 0 Å². The van der Waals surface area contributed by atoms with Crippen LogP contribution in [0.4, 0.5) is 17.1 Å². The molecule has 0 aromatic heterocycles. The Balaban J connectivity index is 0.997. The van der Waals surface area contributed by atoms with Crippen molar-refractivity contribution in [1.29, 1.82) is 0 Å². The van der Waals surface area contributed by atoms with E-state index in [1.165, 1.54) is 106 Å². The first kappa shape index (κ1) is 36.3. The van der Waals surface area contributed by atoms with Crippen molar-refractivity contribution in [2.75, 3.05) is 4.90 Å². The van der Waals surface area contributed by atoms with E-state index in [1.807, 2.05) is 0 Å². The maximum Gasteiger partial charge on any atom is 0.155 e. The van der Waals surface area contributed by atoms with E-state index in [2.05, 4.69) is 184 Å². The second-order valence-electron chi connectivity index (χ2n) is 20.4. The molecule has 6 aliphatic rings. The summed E-state index contributed by atoms with van der Waals surface area (Å²) in [5.74, 6) is 5.17. The first-order valence-electron chi connectivity index (χ1n) is 22.7. The van der Waals surface area contributed by atoms with Gasteiger partial charge in [-0.1, -0.05) is 143 Å². The van der Waals surface area contributed by atoms with Crippen LogP contribution in [0.15, 0.2) is 152 Å². The fourth-order valence-electron chi connectivity index (χ4n) is 13.4. The lowest BCUT2D eigenvalue weighted by molar-refractivity contribution is -0.0451. The summed E-state index contributed by atoms with van der Waals surface area (Å²) >= 11 is 0. The Bertz CT molecular complexity index is 2770. The zero-order valence-electron chi connectivity index (χ0n) is 35.5. The Morgan fingerprint density at radius 2 is 1.07 bits per heavy atom. The van der Waals surface area contributed by atoms with Crippen molar-refractivity contribution in [2.24, 2.45) is 23.7 Å². The summed E-state index contributed by atoms with van der Waals surface area (Å²) in [6.45, 7) is 9.73. The van der Waals surface area contributed by atoms with Crippen molar-refractivity contribution in [3.63, 3.8) is 0 Å². The molecule has 0 N–H and O–H groups in total. The van der Waals surface area contributed by atoms with Crippen molar-refractivity contribution < 1.29 is 4.74 Å². The number of hydrogen-bond donors (Lipinski definition) is 0. The average molecular weight is 782 g/mol. The second kappa shape index (κ2) is 13.2. The van der Waals surface area contributed by atoms with Crippen LogP contribution in [0.25, 0.3) is 33.0 Å². The van der Waals surface area contributed by atoms with Gasteiger partial charge in [-0.05, 0) is 160 Å². The van der Waals surface area contributed by atoms with E-state index in [9.17, 15) is 0 Å². The molecular weight excluding hydrogens is 727 g/mol. The SMILES string of the molecule is CC1(C)CCC(C)(C)c2cc(N(c3ccc(-c4ccc(-c5cccc6ccccc56)cc4)cc3)c3cccc4c3Oc3ccccc3C43C4CC5CC(C4)CC3C5)ccc21. The average Bonchev–Trinajstić information content (AvgIpc) is 3.27. The van der Waals surface area contributed by atoms with Crippen LogP contribution in [0.2, 0.25) is 0 Å². The Labute approximate surface area is 356 Å². The molecular formula is C58H55NO. The molecule has 0 amide bonds. The van der Waals surface area contributed by atoms with Crippen LogP contribution in [0.5, 0.6) is 11.5 Å². The van der Waals surface area contributed by atoms with Crippen LogP contribution in [-0.2, 0) is 16.2 Å². The third kappa shape index (κ3) is 5.38. The monoisotopic (exact) mass is 781 g/mol. The topological polar surface area (TPSA) is 12.5 Å². The smallest absolute Gasteiger partial charge is 0.155 e. The van der Waals surface area contributed by atoms with Crippen molar-refractivity contribution in [1.82, 2.24) is 0 Å². The summed E-state index contributed by atoms with van der Waals surface area (Å²) in [4.78, 5) is 2.52. The van der Waals surface area contributed by atoms with Gasteiger partial charge in [0.05, 0.1) is 5.69 Å². The van der Waals surface area contributed by atoms with E-state index in [-0.39, 0.29) is 16.2 Å². The number of benzene rings is 7. The Kier molecular flexibility index (Phi) is 7.98. The molecule has 0 saturated heterocycles. The van der Waals surface area contributed by atoms with Gasteiger partial charge in [-0.25, -0.2) is 0 Å². The van der Waals surface area contributed by atoms with Gasteiger partial charge >= 0.3 is 0 Å². The van der Waals surface area contributed by atoms with Crippen LogP contribution < -0.4 is 9.64 Å². The minimum absolute atomic E-state index is 0.0107. The Morgan fingerprint density at radius 1 is 0.483 bits per heavy atom. The molecule has 4 saturated carbocycles. The van der Waals surface area contributed by atoms with E-state index < -0.39 is 0 Å². The number of anilines is 3. The second-order valence-corrected chi connectivity index (χ2v) is 20.4. The standard InChI is InChI=1S/C58H55NO/c1-56(2)29-30-57(3,4)52-36-46(27-28-49(52)56)59(45-25-23-40(24-26-45)39-19-21-42(22-20-39)48-14-9-12-41-11-5-6-13-47(41)48)53-17-10-16-51-55(53)60-54-18-8-7-15-50(54)58(51)43-32-37-31-38(34-43)35-44(58)33-37/h5-28,36-38,43-44H,29-35H2,1-4H3. The molecule has 0 unspecified atom stereocenters. The molecule has 7 aromatic rings. The lowest BCUT2D eigenvalue weighted by Gasteiger charge is -2.63. The normalized spacial score (nSPS) is 25.0. The molecule has 2 heteroatoms. The predicted molar refractivity (Wildman–Crippen MR) is 249 cm³/mol. The minimum atomic E-state index is -0.0107. The molecule has 1 heterocycles. The predicted octanol–water partition coefficient (Wildman–Crippen LogP) is 15.8. The Morgan fingerprint density at radius 3 is 1.82 bits per heavy atom. The van der Waals surface area contributed by atoms with Crippen molar-refractivity contribution in [2.45, 2.75) is 88.9 Å². The molecule has 4 fully saturated rings. The van der Waals surface area contributed by atoms with Gasteiger partial charge in [0.25, 0.3) is 0 Å². The molecule has 60 heavy (non-hydrogen) atoms. The summed E-state index contributed by atoms with van der Waals surface area (Å²) in [6, 6.07) is 57.2. The maximum atomic E-state index is 7.28. The highest BCUT2D eigenvalue weighted by atomic mass is 16.5. The molecule has 13 rings (SSSR count). The van der Waals surface area contributed by atoms with E-state index >= 15 is 0 Å². The van der Waals surface area contributed by atoms with Gasteiger partial charge in [0.2, 0.25) is 0 Å². The molecule has 1 aliphatic heterocycles. The molecule has 298 valence electrons. The highest BCUT2D eigenvalue weighted by Gasteiger charge is 2.61. The number of rotatable bonds is 5. The molecule has 2 nitrogen and oxygen atoms in total. The maximum absolute atomic E-state index is 7.28. The van der Waals surface area contributed by atoms with E-state index in [0.29, 0.717) is 11.8 Å². The zero-order valence-corrected chi connectivity index (χ0v) is 35.5. The van der Waals surface area contributed by atoms with Crippen molar-refractivity contribution >= 4 is 27.8 Å². The summed E-state index contributed by atoms with van der Waals surface area (Å²) in [6.07, 6.45) is 9.19. The summed E-state index contributed by atoms with van der Waals surface area (Å²) < 4.78 is 7.28. The lowest BCUT2D eigenvalue weighted by Crippen LogP contribution is -2.57. The van der Waals surface area contributed by atoms with Crippen LogP contribution in [0.1, 0.15) is 94.9 Å². The molecule has 4 bridgehead atoms. The third-order valence-electron chi connectivity index (χ3n) is 16.2. The fourth-order valence-corrected chi connectivity index (χ4v) is 13.4. The zero-order chi connectivity index (χ0) is 40.4. The largest absolute Gasteiger partial charge is 0.455 e. The molecule has 0 atom stereocenters. The minimum Gasteiger partial charge on any atom is -0.455 e. The summed E-state index contributed by atoms with van der Waals surface area (Å²) in [5.41, 5.74) is 14.4. The number of fused-ring (bicyclic) bond motifs is 4. The Hall–Kier alpha value is -5.60. The molecule has 0 radical (unpaired) electrons. The van der Waals surface area contributed by atoms with Gasteiger partial charge < -0.3 is 9.64 Å². The van der Waals surface area contributed by atoms with E-state index in [0.717, 1.165) is 34.7 Å². The number of ether oxygens (including phenoxy) is 1. The first-order chi connectivity index (χ1) is 29.2. The van der Waals surface area contributed by atoms with Gasteiger partial charge in [-0.2, -0.15) is 0 Å². The van der Waals surface area contributed by atoms with Gasteiger partial charge in [-0.15, -0.1) is 0 Å². The van der Waals surface area contributed by atoms with Crippen molar-refractivity contribution in [3.8, 4) is 33.8 Å². The van der Waals surface area contributed by atoms with Crippen LogP contribution >= 0.6 is 0 Å². The van der Waals surface area contributed by atoms with E-state index in [4.69, 9.17) is 4.74 Å². The van der Waals surface area contributed by atoms with Crippen LogP contribution in [0.3, 0.4) is 0 Å². The molecule has 5 aliphatic carbocycles. The summed E-state index contributed by atoms with van der Waals surface area (Å²) in [5, 5.41) is 2.56. The molecule has 1 spiro atoms. The summed E-state index contributed by atoms with van der Waals surface area (Å²) in [7, 11) is 0. The molecule has 7 aromatic carbocycles. The van der Waals surface area contributed by atoms with Gasteiger partial charge in [0.1, 0.15) is 5.75 Å². The lowest BCUT2D eigenvalue weighted by atomic mass is 9.42. The number of para-hydroxylation sites is 2. The van der Waals surface area contributed by atoms with Gasteiger partial charge in [0.15, 0.2) is 5.75 Å². The fraction of sp³-hybridized carbons (Fsp3) is 0.310. The highest BCUT2D eigenvalue weighted by molar-refractivity contribution is 5.97. The number of hydrogen-bond acceptors (Lipinski definition) is 2.